The van der Waals surface area contributed by atoms with E-state index in [0.717, 1.165) is 0 Å². The second kappa shape index (κ2) is 7.61. The van der Waals surface area contributed by atoms with Crippen LogP contribution in [-0.2, 0) is 14.2 Å². The van der Waals surface area contributed by atoms with Crippen molar-refractivity contribution in [2.45, 2.75) is 61.5 Å². The van der Waals surface area contributed by atoms with E-state index in [0.29, 0.717) is 0 Å². The van der Waals surface area contributed by atoms with E-state index >= 15 is 0 Å². The summed E-state index contributed by atoms with van der Waals surface area (Å²) in [7, 11) is 0. The van der Waals surface area contributed by atoms with Gasteiger partial charge in [0.25, 0.3) is 0 Å². The highest BCUT2D eigenvalue weighted by atomic mass is 19.1. The highest BCUT2D eigenvalue weighted by Crippen LogP contribution is 2.28. The molecule has 0 spiro atoms. The van der Waals surface area contributed by atoms with Crippen molar-refractivity contribution in [2.24, 2.45) is 0 Å². The molecule has 2 rings (SSSR count). The first-order valence-corrected chi connectivity index (χ1v) is 7.04. The molecule has 0 saturated carbocycles. The normalized spacial score (nSPS) is 51.7. The molecule has 0 aromatic heterocycles. The molecule has 10 nitrogen and oxygen atoms in total. The molecule has 10 atom stereocenters. The molecule has 2 aliphatic rings. The van der Waals surface area contributed by atoms with Gasteiger partial charge in [0.05, 0.1) is 13.2 Å². The Morgan fingerprint density at radius 3 is 1.70 bits per heavy atom. The summed E-state index contributed by atoms with van der Waals surface area (Å²) in [5.41, 5.74) is 0. The Kier molecular flexibility index (Phi) is 6.24. The van der Waals surface area contributed by atoms with Crippen LogP contribution in [0.1, 0.15) is 0 Å². The molecule has 0 aliphatic carbocycles. The van der Waals surface area contributed by atoms with Gasteiger partial charge in [-0.25, -0.2) is 4.39 Å². The van der Waals surface area contributed by atoms with Crippen LogP contribution in [0, 0.1) is 0 Å². The topological polar surface area (TPSA) is 169 Å². The van der Waals surface area contributed by atoms with Crippen LogP contribution < -0.4 is 0 Å². The minimum Gasteiger partial charge on any atom is -0.394 e. The number of rotatable bonds is 4. The molecule has 2 saturated heterocycles. The lowest BCUT2D eigenvalue weighted by atomic mass is 9.98. The number of halogens is 1. The smallest absolute Gasteiger partial charge is 0.189 e. The van der Waals surface area contributed by atoms with Crippen molar-refractivity contribution in [3.05, 3.63) is 0 Å². The van der Waals surface area contributed by atoms with Crippen LogP contribution in [0.25, 0.3) is 0 Å². The zero-order chi connectivity index (χ0) is 17.3. The van der Waals surface area contributed by atoms with Gasteiger partial charge in [-0.15, -0.1) is 0 Å². The number of alkyl halides is 1. The second-order valence-corrected chi connectivity index (χ2v) is 5.48. The minimum atomic E-state index is -2.05. The van der Waals surface area contributed by atoms with Crippen molar-refractivity contribution < 1.29 is 54.3 Å². The first-order chi connectivity index (χ1) is 10.8. The summed E-state index contributed by atoms with van der Waals surface area (Å²) in [4.78, 5) is 0. The lowest BCUT2D eigenvalue weighted by Gasteiger charge is -2.44. The molecule has 0 aromatic carbocycles. The predicted molar refractivity (Wildman–Crippen MR) is 67.5 cm³/mol. The van der Waals surface area contributed by atoms with E-state index in [1.165, 1.54) is 0 Å². The maximum absolute atomic E-state index is 13.6. The Hall–Kier alpha value is -0.470. The number of hydrogen-bond acceptors (Lipinski definition) is 10. The third-order valence-corrected chi connectivity index (χ3v) is 3.92. The molecule has 0 amide bonds. The average molecular weight is 344 g/mol. The zero-order valence-corrected chi connectivity index (χ0v) is 11.9. The van der Waals surface area contributed by atoms with Gasteiger partial charge in [-0.3, -0.25) is 0 Å². The van der Waals surface area contributed by atoms with Crippen LogP contribution in [0.4, 0.5) is 4.39 Å². The molecule has 2 fully saturated rings. The van der Waals surface area contributed by atoms with Crippen molar-refractivity contribution in [1.82, 2.24) is 0 Å². The molecule has 0 radical (unpaired) electrons. The Morgan fingerprint density at radius 2 is 1.17 bits per heavy atom. The SMILES string of the molecule is OC[C@H]1O[C@H](O[C@H]2O[C@H](CO)[C@H](F)[C@H](O)[C@H]2O)[C@H](O)[C@@H](O)[C@@H]1O. The van der Waals surface area contributed by atoms with Gasteiger partial charge >= 0.3 is 0 Å². The number of aliphatic hydroxyl groups excluding tert-OH is 7. The third-order valence-electron chi connectivity index (χ3n) is 3.92. The number of ether oxygens (including phenoxy) is 3. The molecule has 23 heavy (non-hydrogen) atoms. The van der Waals surface area contributed by atoms with Gasteiger partial charge in [-0.05, 0) is 0 Å². The van der Waals surface area contributed by atoms with Gasteiger partial charge in [0.15, 0.2) is 18.8 Å². The Bertz CT molecular complexity index is 349. The van der Waals surface area contributed by atoms with Gasteiger partial charge in [0.1, 0.15) is 42.7 Å². The average Bonchev–Trinajstić information content (AvgIpc) is 2.55. The quantitative estimate of drug-likeness (QED) is 0.264. The van der Waals surface area contributed by atoms with E-state index in [1.54, 1.807) is 0 Å². The largest absolute Gasteiger partial charge is 0.394 e. The maximum Gasteiger partial charge on any atom is 0.189 e. The molecular weight excluding hydrogens is 323 g/mol. The summed E-state index contributed by atoms with van der Waals surface area (Å²) in [6, 6.07) is 0. The minimum absolute atomic E-state index is 0.687. The number of aliphatic hydroxyl groups is 7. The first-order valence-electron chi connectivity index (χ1n) is 7.04. The highest BCUT2D eigenvalue weighted by molar-refractivity contribution is 4.92. The molecule has 136 valence electrons. The zero-order valence-electron chi connectivity index (χ0n) is 11.9. The van der Waals surface area contributed by atoms with Crippen LogP contribution in [0.3, 0.4) is 0 Å². The Labute approximate surface area is 130 Å². The lowest BCUT2D eigenvalue weighted by Crippen LogP contribution is -2.63. The van der Waals surface area contributed by atoms with E-state index in [4.69, 9.17) is 24.4 Å². The number of hydrogen-bond donors (Lipinski definition) is 7. The highest BCUT2D eigenvalue weighted by Gasteiger charge is 2.50. The molecular formula is C12H21FO10. The monoisotopic (exact) mass is 344 g/mol. The van der Waals surface area contributed by atoms with Gasteiger partial charge in [0.2, 0.25) is 0 Å². The van der Waals surface area contributed by atoms with Gasteiger partial charge < -0.3 is 50.0 Å². The second-order valence-electron chi connectivity index (χ2n) is 5.48. The lowest BCUT2D eigenvalue weighted by molar-refractivity contribution is -0.373. The summed E-state index contributed by atoms with van der Waals surface area (Å²) in [5, 5.41) is 66.5. The van der Waals surface area contributed by atoms with Gasteiger partial charge in [-0.2, -0.15) is 0 Å². The molecule has 2 heterocycles. The summed E-state index contributed by atoms with van der Waals surface area (Å²) >= 11 is 0. The molecule has 0 aromatic rings. The van der Waals surface area contributed by atoms with E-state index in [1.807, 2.05) is 0 Å². The fraction of sp³-hybridized carbons (Fsp3) is 1.00. The van der Waals surface area contributed by atoms with Crippen molar-refractivity contribution in [3.63, 3.8) is 0 Å². The first kappa shape index (κ1) is 18.9. The molecule has 0 unspecified atom stereocenters. The van der Waals surface area contributed by atoms with E-state index < -0.39 is 74.7 Å². The van der Waals surface area contributed by atoms with E-state index in [2.05, 4.69) is 0 Å². The molecule has 2 aliphatic heterocycles. The molecule has 7 N–H and O–H groups in total. The van der Waals surface area contributed by atoms with Crippen molar-refractivity contribution in [2.75, 3.05) is 13.2 Å². The van der Waals surface area contributed by atoms with Crippen LogP contribution >= 0.6 is 0 Å². The fourth-order valence-electron chi connectivity index (χ4n) is 2.47. The fourth-order valence-corrected chi connectivity index (χ4v) is 2.47. The standard InChI is InChI=1S/C12H21FO10/c13-5-3(1-14)21-11(9(19)7(5)17)23-12-10(20)8(18)6(16)4(2-15)22-12/h3-12,14-20H,1-2H2/t3-,4-,5+,6-,7+,8+,9-,10-,11-,12-/m1/s1. The summed E-state index contributed by atoms with van der Waals surface area (Å²) in [6.45, 7) is -1.48. The predicted octanol–water partition coefficient (Wildman–Crippen LogP) is -4.42. The van der Waals surface area contributed by atoms with Gasteiger partial charge in [0, 0.05) is 0 Å². The summed E-state index contributed by atoms with van der Waals surface area (Å²) in [6.07, 6.45) is -16.9. The van der Waals surface area contributed by atoms with E-state index in [9.17, 15) is 29.9 Å². The van der Waals surface area contributed by atoms with Crippen molar-refractivity contribution >= 4 is 0 Å². The Morgan fingerprint density at radius 1 is 0.696 bits per heavy atom. The third kappa shape index (κ3) is 3.64. The molecule has 0 bridgehead atoms. The van der Waals surface area contributed by atoms with Crippen LogP contribution in [0.15, 0.2) is 0 Å². The summed E-state index contributed by atoms with van der Waals surface area (Å²) in [5.74, 6) is 0. The van der Waals surface area contributed by atoms with Crippen molar-refractivity contribution in [3.8, 4) is 0 Å². The summed E-state index contributed by atoms with van der Waals surface area (Å²) < 4.78 is 28.7. The van der Waals surface area contributed by atoms with Crippen molar-refractivity contribution in [1.29, 1.82) is 0 Å². The Balaban J connectivity index is 2.07. The van der Waals surface area contributed by atoms with Crippen LogP contribution in [0.2, 0.25) is 0 Å². The van der Waals surface area contributed by atoms with Crippen LogP contribution in [-0.4, -0.2) is 110 Å². The molecule has 11 heteroatoms. The van der Waals surface area contributed by atoms with Crippen LogP contribution in [0.5, 0.6) is 0 Å². The van der Waals surface area contributed by atoms with E-state index in [-0.39, 0.29) is 0 Å². The van der Waals surface area contributed by atoms with Gasteiger partial charge in [-0.1, -0.05) is 0 Å². The maximum atomic E-state index is 13.6.